The normalized spacial score (nSPS) is 11.0. The molecule has 0 bridgehead atoms. The number of rotatable bonds is 5. The highest BCUT2D eigenvalue weighted by Gasteiger charge is 2.09. The van der Waals surface area contributed by atoms with Gasteiger partial charge in [-0.05, 0) is 49.5 Å². The fraction of sp³-hybridized carbons (Fsp3) is 0.176. The zero-order valence-electron chi connectivity index (χ0n) is 13.9. The Balaban J connectivity index is 2.09. The molecule has 0 aromatic heterocycles. The molecular formula is C17H17Cl2N3O2S. The maximum atomic E-state index is 6.10. The van der Waals surface area contributed by atoms with Crippen LogP contribution < -0.4 is 20.2 Å². The van der Waals surface area contributed by atoms with Gasteiger partial charge < -0.3 is 14.8 Å². The Morgan fingerprint density at radius 2 is 1.84 bits per heavy atom. The number of thiocarbonyl (C=S) groups is 1. The summed E-state index contributed by atoms with van der Waals surface area (Å²) in [6, 6.07) is 10.6. The molecule has 2 aromatic carbocycles. The lowest BCUT2D eigenvalue weighted by Gasteiger charge is -2.12. The Morgan fingerprint density at radius 3 is 2.48 bits per heavy atom. The van der Waals surface area contributed by atoms with Crippen molar-refractivity contribution in [2.24, 2.45) is 5.10 Å². The van der Waals surface area contributed by atoms with Gasteiger partial charge in [-0.2, -0.15) is 5.10 Å². The fourth-order valence-electron chi connectivity index (χ4n) is 2.03. The van der Waals surface area contributed by atoms with E-state index in [1.54, 1.807) is 38.5 Å². The molecule has 5 nitrogen and oxygen atoms in total. The summed E-state index contributed by atoms with van der Waals surface area (Å²) in [7, 11) is 3.19. The summed E-state index contributed by atoms with van der Waals surface area (Å²) in [5.41, 5.74) is 4.94. The molecule has 132 valence electrons. The Morgan fingerprint density at radius 1 is 1.08 bits per heavy atom. The zero-order chi connectivity index (χ0) is 18.4. The van der Waals surface area contributed by atoms with Crippen LogP contribution in [0.3, 0.4) is 0 Å². The van der Waals surface area contributed by atoms with Crippen molar-refractivity contribution in [1.82, 2.24) is 5.43 Å². The molecule has 0 saturated carbocycles. The molecule has 2 aromatic rings. The molecule has 2 rings (SSSR count). The molecule has 0 aliphatic rings. The van der Waals surface area contributed by atoms with Crippen molar-refractivity contribution in [1.29, 1.82) is 0 Å². The average molecular weight is 398 g/mol. The summed E-state index contributed by atoms with van der Waals surface area (Å²) >= 11 is 17.2. The van der Waals surface area contributed by atoms with Crippen molar-refractivity contribution in [3.05, 3.63) is 52.0 Å². The highest BCUT2D eigenvalue weighted by molar-refractivity contribution is 7.80. The van der Waals surface area contributed by atoms with Gasteiger partial charge in [0.05, 0.1) is 30.6 Å². The van der Waals surface area contributed by atoms with Gasteiger partial charge in [-0.25, -0.2) is 0 Å². The maximum Gasteiger partial charge on any atom is 0.191 e. The standard InChI is InChI=1S/C17H17Cl2N3O2S/c1-10(13-6-5-12(23-2)9-16(13)24-3)21-22-17(25)20-15-7-4-11(18)8-14(15)19/h4-9H,1-3H3,(H2,20,22,25)/b21-10+. The second kappa shape index (κ2) is 8.89. The van der Waals surface area contributed by atoms with Gasteiger partial charge in [-0.15, -0.1) is 0 Å². The van der Waals surface area contributed by atoms with E-state index < -0.39 is 0 Å². The summed E-state index contributed by atoms with van der Waals surface area (Å²) in [6.07, 6.45) is 0. The number of halogens is 2. The van der Waals surface area contributed by atoms with E-state index in [0.717, 1.165) is 5.56 Å². The van der Waals surface area contributed by atoms with Crippen LogP contribution in [-0.4, -0.2) is 25.0 Å². The molecule has 25 heavy (non-hydrogen) atoms. The lowest BCUT2D eigenvalue weighted by molar-refractivity contribution is 0.394. The van der Waals surface area contributed by atoms with Crippen LogP contribution in [0, 0.1) is 0 Å². The number of benzene rings is 2. The molecule has 8 heteroatoms. The van der Waals surface area contributed by atoms with Gasteiger partial charge in [0, 0.05) is 16.7 Å². The topological polar surface area (TPSA) is 54.9 Å². The summed E-state index contributed by atoms with van der Waals surface area (Å²) in [5.74, 6) is 1.36. The van der Waals surface area contributed by atoms with Gasteiger partial charge in [0.25, 0.3) is 0 Å². The van der Waals surface area contributed by atoms with Crippen LogP contribution in [0.25, 0.3) is 0 Å². The number of anilines is 1. The van der Waals surface area contributed by atoms with Crippen molar-refractivity contribution in [3.63, 3.8) is 0 Å². The molecule has 0 fully saturated rings. The highest BCUT2D eigenvalue weighted by Crippen LogP contribution is 2.26. The van der Waals surface area contributed by atoms with Crippen LogP contribution in [0.15, 0.2) is 41.5 Å². The number of nitrogens with zero attached hydrogens (tertiary/aromatic N) is 1. The number of hydrazone groups is 1. The molecule has 2 N–H and O–H groups in total. The third-order valence-electron chi connectivity index (χ3n) is 3.30. The number of nitrogens with one attached hydrogen (secondary N) is 2. The van der Waals surface area contributed by atoms with Gasteiger partial charge in [-0.3, -0.25) is 5.43 Å². The van der Waals surface area contributed by atoms with E-state index in [9.17, 15) is 0 Å². The predicted molar refractivity (Wildman–Crippen MR) is 108 cm³/mol. The molecule has 0 amide bonds. The smallest absolute Gasteiger partial charge is 0.191 e. The molecule has 0 radical (unpaired) electrons. The quantitative estimate of drug-likeness (QED) is 0.434. The van der Waals surface area contributed by atoms with Crippen LogP contribution >= 0.6 is 35.4 Å². The zero-order valence-corrected chi connectivity index (χ0v) is 16.2. The number of hydrogen-bond acceptors (Lipinski definition) is 4. The Hall–Kier alpha value is -2.02. The Bertz CT molecular complexity index is 812. The SMILES string of the molecule is COc1ccc(/C(C)=N/NC(=S)Nc2ccc(Cl)cc2Cl)c(OC)c1. The van der Waals surface area contributed by atoms with Crippen molar-refractivity contribution in [3.8, 4) is 11.5 Å². The fourth-order valence-corrected chi connectivity index (χ4v) is 2.64. The highest BCUT2D eigenvalue weighted by atomic mass is 35.5. The number of methoxy groups -OCH3 is 2. The monoisotopic (exact) mass is 397 g/mol. The van der Waals surface area contributed by atoms with Gasteiger partial charge in [0.2, 0.25) is 0 Å². The van der Waals surface area contributed by atoms with E-state index >= 15 is 0 Å². The Kier molecular flexibility index (Phi) is 6.87. The largest absolute Gasteiger partial charge is 0.497 e. The number of hydrogen-bond donors (Lipinski definition) is 2. The van der Waals surface area contributed by atoms with Crippen LogP contribution in [-0.2, 0) is 0 Å². The molecule has 0 heterocycles. The average Bonchev–Trinajstić information content (AvgIpc) is 2.61. The summed E-state index contributed by atoms with van der Waals surface area (Å²) in [4.78, 5) is 0. The van der Waals surface area contributed by atoms with Crippen LogP contribution in [0.5, 0.6) is 11.5 Å². The maximum absolute atomic E-state index is 6.10. The first-order valence-electron chi connectivity index (χ1n) is 7.23. The van der Waals surface area contributed by atoms with E-state index in [2.05, 4.69) is 15.8 Å². The Labute approximate surface area is 161 Å². The molecule has 0 atom stereocenters. The molecular weight excluding hydrogens is 381 g/mol. The van der Waals surface area contributed by atoms with E-state index in [1.807, 2.05) is 19.1 Å². The van der Waals surface area contributed by atoms with Gasteiger partial charge in [-0.1, -0.05) is 23.2 Å². The molecule has 0 unspecified atom stereocenters. The number of ether oxygens (including phenoxy) is 2. The third kappa shape index (κ3) is 5.22. The lowest BCUT2D eigenvalue weighted by Crippen LogP contribution is -2.25. The van der Waals surface area contributed by atoms with Gasteiger partial charge in [0.1, 0.15) is 11.5 Å². The van der Waals surface area contributed by atoms with Crippen molar-refractivity contribution >= 4 is 51.9 Å². The molecule has 0 spiro atoms. The minimum Gasteiger partial charge on any atom is -0.497 e. The lowest BCUT2D eigenvalue weighted by atomic mass is 10.1. The van der Waals surface area contributed by atoms with E-state index in [-0.39, 0.29) is 0 Å². The van der Waals surface area contributed by atoms with Gasteiger partial charge >= 0.3 is 0 Å². The molecule has 0 aliphatic heterocycles. The minimum absolute atomic E-state index is 0.302. The van der Waals surface area contributed by atoms with Gasteiger partial charge in [0.15, 0.2) is 5.11 Å². The first kappa shape index (κ1) is 19.3. The van der Waals surface area contributed by atoms with Crippen molar-refractivity contribution < 1.29 is 9.47 Å². The summed E-state index contributed by atoms with van der Waals surface area (Å²) in [6.45, 7) is 1.84. The minimum atomic E-state index is 0.302. The van der Waals surface area contributed by atoms with E-state index in [0.29, 0.717) is 38.1 Å². The first-order valence-corrected chi connectivity index (χ1v) is 8.39. The summed E-state index contributed by atoms with van der Waals surface area (Å²) < 4.78 is 10.6. The van der Waals surface area contributed by atoms with Crippen LogP contribution in [0.4, 0.5) is 5.69 Å². The summed E-state index contributed by atoms with van der Waals surface area (Å²) in [5, 5.41) is 8.56. The van der Waals surface area contributed by atoms with E-state index in [4.69, 9.17) is 44.9 Å². The van der Waals surface area contributed by atoms with E-state index in [1.165, 1.54) is 0 Å². The predicted octanol–water partition coefficient (Wildman–Crippen LogP) is 4.72. The molecule has 0 saturated heterocycles. The first-order chi connectivity index (χ1) is 11.9. The van der Waals surface area contributed by atoms with Crippen molar-refractivity contribution in [2.75, 3.05) is 19.5 Å². The second-order valence-corrected chi connectivity index (χ2v) is 6.21. The van der Waals surface area contributed by atoms with Crippen LogP contribution in [0.2, 0.25) is 10.0 Å². The second-order valence-electron chi connectivity index (χ2n) is 4.95. The molecule has 0 aliphatic carbocycles. The third-order valence-corrected chi connectivity index (χ3v) is 4.04. The van der Waals surface area contributed by atoms with Crippen molar-refractivity contribution in [2.45, 2.75) is 6.92 Å². The van der Waals surface area contributed by atoms with Crippen LogP contribution in [0.1, 0.15) is 12.5 Å².